The smallest absolute Gasteiger partial charge is 0.373 e. The summed E-state index contributed by atoms with van der Waals surface area (Å²) >= 11 is 0.507. The normalized spacial score (nSPS) is 14.2. The fourth-order valence-corrected chi connectivity index (χ4v) is 3.87. The third-order valence-electron chi connectivity index (χ3n) is 1.63. The standard InChI is InChI=1S/C3HF6O4S2.2CF3O2S.Al/c4-2(5,6)14(10,11)1-15(12,13)3(7,8)9;2*2-1(3,4)7(5)6;/h1H;;;/q;2*-1;+2. The number of alkyl halides is 12. The molecule has 0 bridgehead atoms. The van der Waals surface area contributed by atoms with Crippen molar-refractivity contribution in [1.82, 2.24) is 0 Å². The summed E-state index contributed by atoms with van der Waals surface area (Å²) in [4.78, 5) is 0. The minimum atomic E-state index is -6.46. The zero-order valence-corrected chi connectivity index (χ0v) is 17.0. The minimum Gasteiger partial charge on any atom is -0.416 e. The largest absolute Gasteiger partial charge is 0.416 e. The fraction of sp³-hybridized carbons (Fsp3) is 1.00. The van der Waals surface area contributed by atoms with Crippen LogP contribution in [-0.2, 0) is 57.9 Å². The van der Waals surface area contributed by atoms with Crippen LogP contribution < -0.4 is 0 Å². The van der Waals surface area contributed by atoms with Crippen molar-refractivity contribution in [3.8, 4) is 0 Å². The van der Waals surface area contributed by atoms with E-state index in [1.54, 1.807) is 0 Å². The number of hydrogen-bond donors (Lipinski definition) is 0. The zero-order valence-electron chi connectivity index (χ0n) is 12.6. The van der Waals surface area contributed by atoms with Gasteiger partial charge >= 0.3 is 105 Å². The van der Waals surface area contributed by atoms with E-state index in [9.17, 15) is 69.5 Å². The molecule has 0 aromatic rings. The van der Waals surface area contributed by atoms with E-state index in [0.717, 1.165) is 0 Å². The van der Waals surface area contributed by atoms with Crippen LogP contribution in [0.4, 0.5) is 52.7 Å². The summed E-state index contributed by atoms with van der Waals surface area (Å²) in [7, 11) is -20.8. The second kappa shape index (κ2) is 10.9. The maximum Gasteiger partial charge on any atom is 0.373 e. The van der Waals surface area contributed by atoms with Crippen molar-refractivity contribution in [2.45, 2.75) is 25.5 Å². The first-order chi connectivity index (χ1) is 12.5. The first-order valence-electron chi connectivity index (χ1n) is 5.22. The molecule has 25 heteroatoms. The molecule has 30 heavy (non-hydrogen) atoms. The maximum atomic E-state index is 11.8. The van der Waals surface area contributed by atoms with E-state index in [-0.39, 0.29) is 0 Å². The van der Waals surface area contributed by atoms with Crippen LogP contribution in [0.25, 0.3) is 0 Å². The molecule has 0 radical (unpaired) electrons. The molecule has 0 atom stereocenters. The first kappa shape index (κ1) is 34.1. The van der Waals surface area contributed by atoms with Gasteiger partial charge in [-0.25, -0.2) is 0 Å². The molecular weight excluding hydrogens is 571 g/mol. The predicted molar refractivity (Wildman–Crippen MR) is 69.1 cm³/mol. The van der Waals surface area contributed by atoms with Gasteiger partial charge < -0.3 is 16.8 Å². The van der Waals surface area contributed by atoms with Crippen LogP contribution in [0.1, 0.15) is 0 Å². The Morgan fingerprint density at radius 2 is 0.667 bits per heavy atom. The van der Waals surface area contributed by atoms with Crippen molar-refractivity contribution in [3.63, 3.8) is 0 Å². The average Bonchev–Trinajstić information content (AvgIpc) is 2.43. The molecule has 0 aliphatic rings. The Balaban J connectivity index is -0.000000430. The van der Waals surface area contributed by atoms with E-state index < -0.39 is 66.6 Å². The molecule has 8 nitrogen and oxygen atoms in total. The van der Waals surface area contributed by atoms with Gasteiger partial charge in [0.15, 0.2) is 0 Å². The Hall–Kier alpha value is -0.508. The van der Waals surface area contributed by atoms with Crippen LogP contribution >= 0.6 is 0 Å². The van der Waals surface area contributed by atoms with Crippen LogP contribution in [0.15, 0.2) is 0 Å². The molecule has 0 aromatic heterocycles. The number of hydrogen-bond acceptors (Lipinski definition) is 10. The van der Waals surface area contributed by atoms with E-state index in [0.29, 0.717) is 16.3 Å². The molecule has 0 amide bonds. The summed E-state index contributed by atoms with van der Waals surface area (Å²) in [5.74, 6) is 0. The van der Waals surface area contributed by atoms with Crippen LogP contribution in [0.3, 0.4) is 0 Å². The third-order valence-corrected chi connectivity index (χ3v) is 8.57. The fourth-order valence-electron chi connectivity index (χ4n) is 0.430. The summed E-state index contributed by atoms with van der Waals surface area (Å²) in [5.41, 5.74) is -22.3. The van der Waals surface area contributed by atoms with Crippen LogP contribution in [0.2, 0.25) is 0 Å². The number of halogens is 12. The molecule has 0 N–H and O–H groups in total. The van der Waals surface area contributed by atoms with Gasteiger partial charge in [0.25, 0.3) is 0 Å². The molecule has 0 aliphatic heterocycles. The molecular formula is C5HAlF12O8S4. The predicted octanol–water partition coefficient (Wildman–Crippen LogP) is 1.94. The Kier molecular flexibility index (Phi) is 12.4. The summed E-state index contributed by atoms with van der Waals surface area (Å²) < 4.78 is 208. The van der Waals surface area contributed by atoms with Gasteiger partial charge in [0, 0.05) is 21.4 Å². The quantitative estimate of drug-likeness (QED) is 0.278. The molecule has 0 rings (SSSR count). The first-order valence-corrected chi connectivity index (χ1v) is 11.1. The van der Waals surface area contributed by atoms with Gasteiger partial charge in [0.05, 0.1) is 0 Å². The molecule has 180 valence electrons. The monoisotopic (exact) mass is 572 g/mol. The van der Waals surface area contributed by atoms with Crippen LogP contribution in [0, 0.1) is 0 Å². The molecule has 0 aliphatic carbocycles. The molecule has 0 spiro atoms. The SMILES string of the molecule is O=S(=O)([CH]([Al+2])S(=O)(=O)C(F)(F)F)C(F)(F)F.O=[S-](=O)C(F)(F)F.O=[S-](=O)C(F)(F)F. The second-order valence-corrected chi connectivity index (χ2v) is 11.6. The molecule has 0 fully saturated rings. The van der Waals surface area contributed by atoms with E-state index in [2.05, 4.69) is 0 Å². The number of sulfone groups is 2. The van der Waals surface area contributed by atoms with E-state index in [1.165, 1.54) is 0 Å². The Morgan fingerprint density at radius 1 is 0.533 bits per heavy atom. The topological polar surface area (TPSA) is 137 Å². The summed E-state index contributed by atoms with van der Waals surface area (Å²) in [6.07, 6.45) is 0. The van der Waals surface area contributed by atoms with Gasteiger partial charge in [-0.05, 0) is 0 Å². The van der Waals surface area contributed by atoms with Crippen LogP contribution in [0.5, 0.6) is 0 Å². The zero-order chi connectivity index (χ0) is 25.7. The minimum absolute atomic E-state index is 0.507. The van der Waals surface area contributed by atoms with Crippen molar-refractivity contribution < 1.29 is 86.4 Å². The Labute approximate surface area is 169 Å². The van der Waals surface area contributed by atoms with Gasteiger partial charge in [0.2, 0.25) is 0 Å². The Morgan fingerprint density at radius 3 is 0.733 bits per heavy atom. The summed E-state index contributed by atoms with van der Waals surface area (Å²) in [5, 5.41) is 0. The average molecular weight is 572 g/mol. The second-order valence-electron chi connectivity index (χ2n) is 3.71. The van der Waals surface area contributed by atoms with Crippen molar-refractivity contribution >= 4 is 57.4 Å². The molecule has 0 heterocycles. The van der Waals surface area contributed by atoms with E-state index in [1.807, 2.05) is 0 Å². The van der Waals surface area contributed by atoms with Crippen molar-refractivity contribution in [2.75, 3.05) is 0 Å². The molecule has 0 saturated heterocycles. The van der Waals surface area contributed by atoms with Crippen LogP contribution in [-0.4, -0.2) is 58.6 Å². The van der Waals surface area contributed by atoms with Gasteiger partial charge in [-0.3, -0.25) is 0 Å². The van der Waals surface area contributed by atoms with Gasteiger partial charge in [-0.1, -0.05) is 0 Å². The third kappa shape index (κ3) is 11.2. The van der Waals surface area contributed by atoms with Crippen molar-refractivity contribution in [3.05, 3.63) is 0 Å². The van der Waals surface area contributed by atoms with Gasteiger partial charge in [-0.15, -0.1) is 0 Å². The van der Waals surface area contributed by atoms with Gasteiger partial charge in [-0.2, -0.15) is 26.3 Å². The van der Waals surface area contributed by atoms with Crippen molar-refractivity contribution in [1.29, 1.82) is 0 Å². The summed E-state index contributed by atoms with van der Waals surface area (Å²) in [6.45, 7) is 0. The Bertz CT molecular complexity index is 824. The summed E-state index contributed by atoms with van der Waals surface area (Å²) in [6, 6.07) is 0. The number of rotatable bonds is 2. The molecule has 0 unspecified atom stereocenters. The molecule has 0 saturated carbocycles. The maximum absolute atomic E-state index is 11.8. The van der Waals surface area contributed by atoms with Gasteiger partial charge in [0.1, 0.15) is 0 Å². The van der Waals surface area contributed by atoms with Crippen molar-refractivity contribution in [2.24, 2.45) is 0 Å². The van der Waals surface area contributed by atoms with E-state index in [4.69, 9.17) is 16.8 Å². The molecule has 0 aromatic carbocycles. The van der Waals surface area contributed by atoms with E-state index >= 15 is 0 Å².